The van der Waals surface area contributed by atoms with E-state index in [9.17, 15) is 9.59 Å². The summed E-state index contributed by atoms with van der Waals surface area (Å²) in [6, 6.07) is 5.53. The highest BCUT2D eigenvalue weighted by atomic mass is 79.9. The molecule has 1 aliphatic carbocycles. The molecule has 1 aliphatic heterocycles. The fourth-order valence-corrected chi connectivity index (χ4v) is 3.05. The van der Waals surface area contributed by atoms with Gasteiger partial charge in [0.05, 0.1) is 17.9 Å². The number of aliphatic hydroxyl groups excluding tert-OH is 1. The summed E-state index contributed by atoms with van der Waals surface area (Å²) < 4.78 is 5.79. The number of aliphatic hydroxyl groups is 1. The standard InChI is InChI=1S/C13H12BrNO4/c14-7-1-2-10-8(5-7)13(12(18)15-10)6-9(13)11(17)19-4-3-16/h1-2,5,9,16H,3-4,6H2,(H,15,18)/t9-,13-/m0/s1. The van der Waals surface area contributed by atoms with E-state index in [1.165, 1.54) is 0 Å². The number of hydrogen-bond acceptors (Lipinski definition) is 4. The lowest BCUT2D eigenvalue weighted by molar-refractivity contribution is -0.147. The maximum Gasteiger partial charge on any atom is 0.310 e. The van der Waals surface area contributed by atoms with Crippen LogP contribution in [0.2, 0.25) is 0 Å². The van der Waals surface area contributed by atoms with Crippen molar-refractivity contribution in [3.05, 3.63) is 28.2 Å². The lowest BCUT2D eigenvalue weighted by Crippen LogP contribution is -2.25. The van der Waals surface area contributed by atoms with Gasteiger partial charge in [0.15, 0.2) is 0 Å². The average Bonchev–Trinajstić information content (AvgIpc) is 3.08. The van der Waals surface area contributed by atoms with Crippen LogP contribution in [0.1, 0.15) is 12.0 Å². The minimum Gasteiger partial charge on any atom is -0.463 e. The molecule has 100 valence electrons. The number of fused-ring (bicyclic) bond motifs is 2. The van der Waals surface area contributed by atoms with Gasteiger partial charge in [-0.05, 0) is 30.2 Å². The summed E-state index contributed by atoms with van der Waals surface area (Å²) in [5.74, 6) is -1.02. The van der Waals surface area contributed by atoms with E-state index in [2.05, 4.69) is 21.2 Å². The number of carbonyl (C=O) groups is 2. The molecule has 0 bridgehead atoms. The highest BCUT2D eigenvalue weighted by Crippen LogP contribution is 2.60. The normalized spacial score (nSPS) is 27.1. The predicted octanol–water partition coefficient (Wildman–Crippen LogP) is 1.19. The highest BCUT2D eigenvalue weighted by Gasteiger charge is 2.68. The Balaban J connectivity index is 1.89. The molecule has 6 heteroatoms. The third-order valence-electron chi connectivity index (χ3n) is 3.70. The first-order valence-corrected chi connectivity index (χ1v) is 6.78. The molecule has 0 saturated heterocycles. The first kappa shape index (κ1) is 12.6. The van der Waals surface area contributed by atoms with Crippen molar-refractivity contribution in [2.45, 2.75) is 11.8 Å². The molecule has 1 saturated carbocycles. The second-order valence-electron chi connectivity index (χ2n) is 4.76. The molecular weight excluding hydrogens is 314 g/mol. The van der Waals surface area contributed by atoms with Crippen molar-refractivity contribution in [3.63, 3.8) is 0 Å². The van der Waals surface area contributed by atoms with Crippen molar-refractivity contribution in [2.75, 3.05) is 18.5 Å². The average molecular weight is 326 g/mol. The molecule has 1 fully saturated rings. The Morgan fingerprint density at radius 2 is 2.37 bits per heavy atom. The summed E-state index contributed by atoms with van der Waals surface area (Å²) in [6.45, 7) is -0.238. The number of anilines is 1. The molecule has 0 radical (unpaired) electrons. The van der Waals surface area contributed by atoms with Gasteiger partial charge in [-0.3, -0.25) is 9.59 Å². The van der Waals surface area contributed by atoms with E-state index in [1.54, 1.807) is 0 Å². The predicted molar refractivity (Wildman–Crippen MR) is 70.6 cm³/mol. The van der Waals surface area contributed by atoms with Crippen molar-refractivity contribution in [3.8, 4) is 0 Å². The van der Waals surface area contributed by atoms with Gasteiger partial charge >= 0.3 is 5.97 Å². The molecule has 1 aromatic rings. The van der Waals surface area contributed by atoms with Gasteiger partial charge in [-0.2, -0.15) is 0 Å². The van der Waals surface area contributed by atoms with Crippen LogP contribution in [0.4, 0.5) is 5.69 Å². The summed E-state index contributed by atoms with van der Waals surface area (Å²) in [6.07, 6.45) is 0.465. The molecule has 2 N–H and O–H groups in total. The van der Waals surface area contributed by atoms with Crippen molar-refractivity contribution < 1.29 is 19.4 Å². The molecule has 0 unspecified atom stereocenters. The van der Waals surface area contributed by atoms with Gasteiger partial charge in [-0.1, -0.05) is 15.9 Å². The topological polar surface area (TPSA) is 75.6 Å². The van der Waals surface area contributed by atoms with E-state index in [-0.39, 0.29) is 19.1 Å². The number of carbonyl (C=O) groups excluding carboxylic acids is 2. The first-order chi connectivity index (χ1) is 9.09. The van der Waals surface area contributed by atoms with E-state index >= 15 is 0 Å². The summed E-state index contributed by atoms with van der Waals surface area (Å²) in [4.78, 5) is 24.0. The molecule has 1 heterocycles. The smallest absolute Gasteiger partial charge is 0.310 e. The van der Waals surface area contributed by atoms with E-state index in [4.69, 9.17) is 9.84 Å². The monoisotopic (exact) mass is 325 g/mol. The van der Waals surface area contributed by atoms with Crippen molar-refractivity contribution in [1.29, 1.82) is 0 Å². The summed E-state index contributed by atoms with van der Waals surface area (Å²) in [5, 5.41) is 11.5. The number of amides is 1. The molecule has 2 atom stereocenters. The third kappa shape index (κ3) is 1.78. The lowest BCUT2D eigenvalue weighted by Gasteiger charge is -2.08. The first-order valence-electron chi connectivity index (χ1n) is 5.98. The molecule has 19 heavy (non-hydrogen) atoms. The number of benzene rings is 1. The summed E-state index contributed by atoms with van der Waals surface area (Å²) >= 11 is 3.37. The minimum atomic E-state index is -0.772. The van der Waals surface area contributed by atoms with Gasteiger partial charge in [0.25, 0.3) is 0 Å². The number of nitrogens with one attached hydrogen (secondary N) is 1. The molecule has 1 spiro atoms. The molecule has 5 nitrogen and oxygen atoms in total. The zero-order valence-electron chi connectivity index (χ0n) is 9.98. The number of rotatable bonds is 3. The van der Waals surface area contributed by atoms with Gasteiger partial charge in [0, 0.05) is 10.2 Å². The second kappa shape index (κ2) is 4.31. The van der Waals surface area contributed by atoms with Crippen LogP contribution < -0.4 is 5.32 Å². The van der Waals surface area contributed by atoms with Gasteiger partial charge in [-0.25, -0.2) is 0 Å². The van der Waals surface area contributed by atoms with Crippen molar-refractivity contribution in [1.82, 2.24) is 0 Å². The third-order valence-corrected chi connectivity index (χ3v) is 4.19. The zero-order chi connectivity index (χ0) is 13.6. The zero-order valence-corrected chi connectivity index (χ0v) is 11.6. The van der Waals surface area contributed by atoms with Crippen LogP contribution in [0.5, 0.6) is 0 Å². The Morgan fingerprint density at radius 3 is 3.11 bits per heavy atom. The van der Waals surface area contributed by atoms with Crippen LogP contribution in [0.15, 0.2) is 22.7 Å². The minimum absolute atomic E-state index is 0.0294. The van der Waals surface area contributed by atoms with Gasteiger partial charge in [-0.15, -0.1) is 0 Å². The van der Waals surface area contributed by atoms with Gasteiger partial charge in [0.1, 0.15) is 6.61 Å². The van der Waals surface area contributed by atoms with Crippen LogP contribution in [-0.2, 0) is 19.7 Å². The van der Waals surface area contributed by atoms with E-state index in [0.717, 1.165) is 15.7 Å². The molecule has 1 amide bonds. The maximum absolute atomic E-state index is 12.1. The molecule has 0 aromatic heterocycles. The van der Waals surface area contributed by atoms with E-state index < -0.39 is 17.3 Å². The Bertz CT molecular complexity index is 574. The molecule has 3 rings (SSSR count). The quantitative estimate of drug-likeness (QED) is 0.819. The number of halogens is 1. The SMILES string of the molecule is O=C(OCCO)[C@@H]1C[C@@]12C(=O)Nc1ccc(Br)cc12. The lowest BCUT2D eigenvalue weighted by atomic mass is 9.95. The Hall–Kier alpha value is -1.40. The Kier molecular flexibility index (Phi) is 2.87. The fourth-order valence-electron chi connectivity index (χ4n) is 2.69. The number of esters is 1. The highest BCUT2D eigenvalue weighted by molar-refractivity contribution is 9.10. The van der Waals surface area contributed by atoms with Gasteiger partial charge in [0.2, 0.25) is 5.91 Å². The largest absolute Gasteiger partial charge is 0.463 e. The second-order valence-corrected chi connectivity index (χ2v) is 5.68. The molecule has 2 aliphatic rings. The Morgan fingerprint density at radius 1 is 1.58 bits per heavy atom. The van der Waals surface area contributed by atoms with E-state index in [1.807, 2.05) is 18.2 Å². The van der Waals surface area contributed by atoms with Gasteiger partial charge < -0.3 is 15.2 Å². The number of ether oxygens (including phenoxy) is 1. The van der Waals surface area contributed by atoms with Crippen molar-refractivity contribution in [2.24, 2.45) is 5.92 Å². The summed E-state index contributed by atoms with van der Waals surface area (Å²) in [5.41, 5.74) is 0.828. The molecular formula is C13H12BrNO4. The molecule has 1 aromatic carbocycles. The van der Waals surface area contributed by atoms with Crippen LogP contribution in [-0.4, -0.2) is 30.2 Å². The Labute approximate surface area is 118 Å². The van der Waals surface area contributed by atoms with Crippen LogP contribution in [0, 0.1) is 5.92 Å². The summed E-state index contributed by atoms with van der Waals surface area (Å²) in [7, 11) is 0. The van der Waals surface area contributed by atoms with Crippen LogP contribution >= 0.6 is 15.9 Å². The number of hydrogen-bond donors (Lipinski definition) is 2. The van der Waals surface area contributed by atoms with Crippen molar-refractivity contribution >= 4 is 33.5 Å². The van der Waals surface area contributed by atoms with Crippen LogP contribution in [0.25, 0.3) is 0 Å². The fraction of sp³-hybridized carbons (Fsp3) is 0.385. The van der Waals surface area contributed by atoms with E-state index in [0.29, 0.717) is 6.42 Å². The maximum atomic E-state index is 12.1. The van der Waals surface area contributed by atoms with Crippen LogP contribution in [0.3, 0.4) is 0 Å².